The van der Waals surface area contributed by atoms with Gasteiger partial charge in [0, 0.05) is 24.5 Å². The van der Waals surface area contributed by atoms with Gasteiger partial charge in [-0.2, -0.15) is 5.26 Å². The molecule has 1 amide bonds. The molecule has 4 heterocycles. The summed E-state index contributed by atoms with van der Waals surface area (Å²) < 4.78 is 5.24. The molecule has 0 radical (unpaired) electrons. The third-order valence-corrected chi connectivity index (χ3v) is 4.62. The summed E-state index contributed by atoms with van der Waals surface area (Å²) in [7, 11) is 0. The number of carbonyl (C=O) groups is 1. The van der Waals surface area contributed by atoms with Gasteiger partial charge in [-0.25, -0.2) is 4.98 Å². The first-order valence-electron chi connectivity index (χ1n) is 7.53. The zero-order valence-electron chi connectivity index (χ0n) is 12.1. The number of nitriles is 1. The Hall–Kier alpha value is -2.39. The number of fused-ring (bicyclic) bond motifs is 3. The van der Waals surface area contributed by atoms with Crippen LogP contribution in [0.15, 0.2) is 22.9 Å². The number of rotatable bonds is 2. The van der Waals surface area contributed by atoms with E-state index in [1.807, 2.05) is 0 Å². The summed E-state index contributed by atoms with van der Waals surface area (Å²) >= 11 is 0. The van der Waals surface area contributed by atoms with Gasteiger partial charge in [-0.15, -0.1) is 0 Å². The predicted molar refractivity (Wildman–Crippen MR) is 79.1 cm³/mol. The summed E-state index contributed by atoms with van der Waals surface area (Å²) in [5.74, 6) is 0.521. The number of pyridine rings is 1. The molecule has 4 rings (SSSR count). The molecular weight excluding hydrogens is 280 g/mol. The van der Waals surface area contributed by atoms with E-state index < -0.39 is 0 Å². The summed E-state index contributed by atoms with van der Waals surface area (Å²) in [6.07, 6.45) is 5.16. The van der Waals surface area contributed by atoms with Crippen LogP contribution in [-0.4, -0.2) is 41.5 Å². The minimum Gasteiger partial charge on any atom is -0.461 e. The Morgan fingerprint density at radius 1 is 1.50 bits per heavy atom. The van der Waals surface area contributed by atoms with Gasteiger partial charge in [0.25, 0.3) is 5.91 Å². The van der Waals surface area contributed by atoms with Crippen molar-refractivity contribution >= 4 is 16.9 Å². The molecule has 0 saturated carbocycles. The lowest BCUT2D eigenvalue weighted by Crippen LogP contribution is -2.47. The molecule has 2 saturated heterocycles. The quantitative estimate of drug-likeness (QED) is 0.908. The van der Waals surface area contributed by atoms with E-state index in [0.29, 0.717) is 28.1 Å². The Morgan fingerprint density at radius 3 is 3.23 bits per heavy atom. The number of nitrogens with one attached hydrogen (secondary N) is 1. The van der Waals surface area contributed by atoms with Crippen molar-refractivity contribution in [3.63, 3.8) is 0 Å². The lowest BCUT2D eigenvalue weighted by atomic mass is 9.97. The van der Waals surface area contributed by atoms with E-state index in [1.165, 1.54) is 18.9 Å². The molecule has 1 N–H and O–H groups in total. The summed E-state index contributed by atoms with van der Waals surface area (Å²) in [4.78, 5) is 19.0. The minimum atomic E-state index is -0.181. The van der Waals surface area contributed by atoms with Crippen molar-refractivity contribution in [1.82, 2.24) is 15.2 Å². The maximum atomic E-state index is 12.4. The number of piperidine rings is 1. The highest BCUT2D eigenvalue weighted by atomic mass is 16.3. The maximum absolute atomic E-state index is 12.4. The number of aromatic nitrogens is 1. The number of amides is 1. The fourth-order valence-electron chi connectivity index (χ4n) is 3.57. The van der Waals surface area contributed by atoms with E-state index in [4.69, 9.17) is 9.68 Å². The van der Waals surface area contributed by atoms with Crippen molar-refractivity contribution in [3.05, 3.63) is 29.8 Å². The Balaban J connectivity index is 1.54. The normalized spacial score (nSPS) is 26.8. The smallest absolute Gasteiger partial charge is 0.270 e. The third kappa shape index (κ3) is 2.24. The van der Waals surface area contributed by atoms with Crippen LogP contribution in [0.3, 0.4) is 0 Å². The Kier molecular flexibility index (Phi) is 3.09. The molecular formula is C16H16N4O2. The van der Waals surface area contributed by atoms with Crippen LogP contribution < -0.4 is 5.32 Å². The molecule has 2 bridgehead atoms. The second-order valence-electron chi connectivity index (χ2n) is 6.15. The van der Waals surface area contributed by atoms with E-state index in [0.717, 1.165) is 26.1 Å². The topological polar surface area (TPSA) is 82.2 Å². The van der Waals surface area contributed by atoms with Crippen molar-refractivity contribution in [2.45, 2.75) is 18.9 Å². The second kappa shape index (κ2) is 5.11. The van der Waals surface area contributed by atoms with Gasteiger partial charge in [0.2, 0.25) is 0 Å². The van der Waals surface area contributed by atoms with Crippen LogP contribution in [0.25, 0.3) is 11.0 Å². The third-order valence-electron chi connectivity index (χ3n) is 4.62. The lowest BCUT2D eigenvalue weighted by Gasteiger charge is -2.30. The summed E-state index contributed by atoms with van der Waals surface area (Å²) in [6, 6.07) is 3.87. The van der Waals surface area contributed by atoms with E-state index in [-0.39, 0.29) is 11.9 Å². The molecule has 0 spiro atoms. The van der Waals surface area contributed by atoms with Gasteiger partial charge in [0.1, 0.15) is 18.0 Å². The second-order valence-corrected chi connectivity index (χ2v) is 6.15. The van der Waals surface area contributed by atoms with E-state index in [2.05, 4.69) is 21.3 Å². The van der Waals surface area contributed by atoms with Crippen molar-refractivity contribution in [2.75, 3.05) is 19.6 Å². The molecule has 2 fully saturated rings. The molecule has 2 aromatic heterocycles. The number of carbonyl (C=O) groups excluding carboxylic acids is 1. The van der Waals surface area contributed by atoms with Crippen LogP contribution in [-0.2, 0) is 0 Å². The average molecular weight is 296 g/mol. The van der Waals surface area contributed by atoms with Gasteiger partial charge >= 0.3 is 0 Å². The highest BCUT2D eigenvalue weighted by molar-refractivity contribution is 5.96. The average Bonchev–Trinajstić information content (AvgIpc) is 3.09. The van der Waals surface area contributed by atoms with E-state index in [9.17, 15) is 4.79 Å². The van der Waals surface area contributed by atoms with Crippen LogP contribution in [0.1, 0.15) is 28.9 Å². The fraction of sp³-hybridized carbons (Fsp3) is 0.438. The molecule has 2 aromatic rings. The molecule has 22 heavy (non-hydrogen) atoms. The molecule has 2 aliphatic heterocycles. The first-order chi connectivity index (χ1) is 10.7. The van der Waals surface area contributed by atoms with Gasteiger partial charge in [-0.05, 0) is 31.4 Å². The highest BCUT2D eigenvalue weighted by Crippen LogP contribution is 2.27. The fourth-order valence-corrected chi connectivity index (χ4v) is 3.57. The monoisotopic (exact) mass is 296 g/mol. The molecule has 3 atom stereocenters. The first-order valence-corrected chi connectivity index (χ1v) is 7.53. The predicted octanol–water partition coefficient (Wildman–Crippen LogP) is 1.52. The van der Waals surface area contributed by atoms with Gasteiger partial charge in [0.15, 0.2) is 5.58 Å². The number of hydrogen-bond acceptors (Lipinski definition) is 5. The van der Waals surface area contributed by atoms with Crippen molar-refractivity contribution < 1.29 is 9.21 Å². The molecule has 0 aliphatic carbocycles. The summed E-state index contributed by atoms with van der Waals surface area (Å²) in [6.45, 7) is 3.22. The standard InChI is InChI=1S/C16H16N4O2/c17-5-11-9-22-15-6-18-14(4-13(11)15)16(21)19-12-3-10-1-2-20(7-10)8-12/h4,6,9-10,12H,1-3,7-8H2,(H,19,21). The first kappa shape index (κ1) is 13.3. The highest BCUT2D eigenvalue weighted by Gasteiger charge is 2.33. The maximum Gasteiger partial charge on any atom is 0.270 e. The molecule has 3 unspecified atom stereocenters. The zero-order chi connectivity index (χ0) is 15.1. The van der Waals surface area contributed by atoms with Gasteiger partial charge in [0.05, 0.1) is 11.8 Å². The summed E-state index contributed by atoms with van der Waals surface area (Å²) in [5.41, 5.74) is 1.28. The number of hydrogen-bond donors (Lipinski definition) is 1. The SMILES string of the molecule is N#Cc1coc2cnc(C(=O)NC3CC4CCN(C4)C3)cc12. The van der Waals surface area contributed by atoms with Crippen molar-refractivity contribution in [2.24, 2.45) is 5.92 Å². The number of nitrogens with zero attached hydrogens (tertiary/aromatic N) is 3. The Labute approximate surface area is 127 Å². The number of furan rings is 1. The lowest BCUT2D eigenvalue weighted by molar-refractivity contribution is 0.0904. The molecule has 0 aromatic carbocycles. The van der Waals surface area contributed by atoms with E-state index in [1.54, 1.807) is 6.07 Å². The molecule has 2 aliphatic rings. The molecule has 6 nitrogen and oxygen atoms in total. The van der Waals surface area contributed by atoms with E-state index >= 15 is 0 Å². The van der Waals surface area contributed by atoms with Crippen LogP contribution in [0.5, 0.6) is 0 Å². The Morgan fingerprint density at radius 2 is 2.41 bits per heavy atom. The summed E-state index contributed by atoms with van der Waals surface area (Å²) in [5, 5.41) is 12.8. The largest absolute Gasteiger partial charge is 0.461 e. The van der Waals surface area contributed by atoms with Crippen LogP contribution in [0.4, 0.5) is 0 Å². The van der Waals surface area contributed by atoms with Crippen LogP contribution >= 0.6 is 0 Å². The molecule has 6 heteroatoms. The zero-order valence-corrected chi connectivity index (χ0v) is 12.1. The van der Waals surface area contributed by atoms with Crippen molar-refractivity contribution in [1.29, 1.82) is 5.26 Å². The van der Waals surface area contributed by atoms with Gasteiger partial charge in [-0.1, -0.05) is 0 Å². The molecule has 112 valence electrons. The van der Waals surface area contributed by atoms with Gasteiger partial charge in [-0.3, -0.25) is 4.79 Å². The Bertz CT molecular complexity index is 764. The van der Waals surface area contributed by atoms with Crippen molar-refractivity contribution in [3.8, 4) is 6.07 Å². The van der Waals surface area contributed by atoms with Crippen LogP contribution in [0, 0.1) is 17.2 Å². The minimum absolute atomic E-state index is 0.181. The van der Waals surface area contributed by atoms with Crippen LogP contribution in [0.2, 0.25) is 0 Å². The van der Waals surface area contributed by atoms with Gasteiger partial charge < -0.3 is 14.6 Å².